The third kappa shape index (κ3) is 9.13. The molecule has 3 nitrogen and oxygen atoms in total. The molecule has 2 atom stereocenters. The molecule has 16 heavy (non-hydrogen) atoms. The highest BCUT2D eigenvalue weighted by atomic mass is 16.5. The maximum atomic E-state index is 5.93. The molecule has 0 amide bonds. The zero-order valence-electron chi connectivity index (χ0n) is 11.6. The van der Waals surface area contributed by atoms with E-state index in [1.807, 2.05) is 0 Å². The third-order valence-corrected chi connectivity index (χ3v) is 2.36. The van der Waals surface area contributed by atoms with Gasteiger partial charge >= 0.3 is 0 Å². The number of hydrogen-bond donors (Lipinski definition) is 1. The Labute approximate surface area is 101 Å². The Bertz CT molecular complexity index is 151. The molecule has 2 unspecified atom stereocenters. The molecule has 0 heterocycles. The second-order valence-electron chi connectivity index (χ2n) is 4.86. The predicted molar refractivity (Wildman–Crippen MR) is 68.8 cm³/mol. The van der Waals surface area contributed by atoms with E-state index in [9.17, 15) is 0 Å². The monoisotopic (exact) mass is 231 g/mol. The van der Waals surface area contributed by atoms with E-state index in [2.05, 4.69) is 33.0 Å². The summed E-state index contributed by atoms with van der Waals surface area (Å²) in [4.78, 5) is 0. The van der Waals surface area contributed by atoms with E-state index in [1.54, 1.807) is 7.11 Å². The zero-order chi connectivity index (χ0) is 12.4. The van der Waals surface area contributed by atoms with Crippen LogP contribution in [0.15, 0.2) is 0 Å². The first-order valence-electron chi connectivity index (χ1n) is 6.45. The third-order valence-electron chi connectivity index (χ3n) is 2.36. The second-order valence-corrected chi connectivity index (χ2v) is 4.86. The molecule has 0 aliphatic rings. The lowest BCUT2D eigenvalue weighted by molar-refractivity contribution is -0.0410. The average molecular weight is 231 g/mol. The van der Waals surface area contributed by atoms with Gasteiger partial charge in [-0.3, -0.25) is 0 Å². The summed E-state index contributed by atoms with van der Waals surface area (Å²) >= 11 is 0. The minimum Gasteiger partial charge on any atom is -0.382 e. The standard InChI is InChI=1S/C13H29NO2/c1-6-7-13(9-14-8-11(2)3)16-12(4)10-15-5/h11-14H,6-10H2,1-5H3. The van der Waals surface area contributed by atoms with Crippen molar-refractivity contribution in [1.29, 1.82) is 0 Å². The SMILES string of the molecule is CCCC(CNCC(C)C)OC(C)COC. The summed E-state index contributed by atoms with van der Waals surface area (Å²) in [5.74, 6) is 0.693. The Balaban J connectivity index is 3.77. The Morgan fingerprint density at radius 2 is 1.81 bits per heavy atom. The minimum atomic E-state index is 0.183. The molecule has 0 saturated carbocycles. The average Bonchev–Trinajstić information content (AvgIpc) is 2.17. The molecule has 0 fully saturated rings. The first kappa shape index (κ1) is 15.9. The van der Waals surface area contributed by atoms with Crippen LogP contribution in [-0.2, 0) is 9.47 Å². The summed E-state index contributed by atoms with van der Waals surface area (Å²) in [6.07, 6.45) is 2.77. The molecule has 0 radical (unpaired) electrons. The lowest BCUT2D eigenvalue weighted by Gasteiger charge is -2.22. The van der Waals surface area contributed by atoms with Crippen LogP contribution in [0, 0.1) is 5.92 Å². The molecule has 0 aliphatic heterocycles. The maximum absolute atomic E-state index is 5.93. The Morgan fingerprint density at radius 3 is 2.31 bits per heavy atom. The number of methoxy groups -OCH3 is 1. The van der Waals surface area contributed by atoms with E-state index in [1.165, 1.54) is 0 Å². The second kappa shape index (κ2) is 10.1. The molecular weight excluding hydrogens is 202 g/mol. The quantitative estimate of drug-likeness (QED) is 0.626. The van der Waals surface area contributed by atoms with Crippen LogP contribution < -0.4 is 5.32 Å². The molecule has 0 spiro atoms. The Kier molecular flexibility index (Phi) is 9.99. The van der Waals surface area contributed by atoms with Gasteiger partial charge in [-0.15, -0.1) is 0 Å². The van der Waals surface area contributed by atoms with Crippen LogP contribution in [0.5, 0.6) is 0 Å². The van der Waals surface area contributed by atoms with E-state index in [4.69, 9.17) is 9.47 Å². The van der Waals surface area contributed by atoms with Crippen molar-refractivity contribution in [3.63, 3.8) is 0 Å². The van der Waals surface area contributed by atoms with E-state index in [0.29, 0.717) is 18.6 Å². The van der Waals surface area contributed by atoms with Gasteiger partial charge in [-0.05, 0) is 25.8 Å². The fourth-order valence-electron chi connectivity index (χ4n) is 1.68. The first-order chi connectivity index (χ1) is 7.60. The number of ether oxygens (including phenoxy) is 2. The highest BCUT2D eigenvalue weighted by molar-refractivity contribution is 4.64. The van der Waals surface area contributed by atoms with Gasteiger partial charge in [0.05, 0.1) is 18.8 Å². The fraction of sp³-hybridized carbons (Fsp3) is 1.00. The van der Waals surface area contributed by atoms with Gasteiger partial charge in [-0.2, -0.15) is 0 Å². The van der Waals surface area contributed by atoms with Crippen molar-refractivity contribution in [3.8, 4) is 0 Å². The molecule has 0 bridgehead atoms. The van der Waals surface area contributed by atoms with E-state index >= 15 is 0 Å². The maximum Gasteiger partial charge on any atom is 0.0784 e. The molecule has 0 aromatic heterocycles. The highest BCUT2D eigenvalue weighted by Crippen LogP contribution is 2.05. The molecule has 1 N–H and O–H groups in total. The van der Waals surface area contributed by atoms with Crippen LogP contribution in [0.4, 0.5) is 0 Å². The molecule has 0 rings (SSSR count). The van der Waals surface area contributed by atoms with Gasteiger partial charge in [0.25, 0.3) is 0 Å². The Morgan fingerprint density at radius 1 is 1.12 bits per heavy atom. The number of rotatable bonds is 10. The van der Waals surface area contributed by atoms with Crippen molar-refractivity contribution >= 4 is 0 Å². The molecule has 3 heteroatoms. The fourth-order valence-corrected chi connectivity index (χ4v) is 1.68. The molecule has 0 saturated heterocycles. The van der Waals surface area contributed by atoms with E-state index in [0.717, 1.165) is 25.9 Å². The molecule has 0 aromatic rings. The number of nitrogens with one attached hydrogen (secondary N) is 1. The van der Waals surface area contributed by atoms with Crippen molar-refractivity contribution in [2.75, 3.05) is 26.8 Å². The van der Waals surface area contributed by atoms with Gasteiger partial charge in [0.1, 0.15) is 0 Å². The topological polar surface area (TPSA) is 30.5 Å². The van der Waals surface area contributed by atoms with E-state index in [-0.39, 0.29) is 6.10 Å². The molecule has 98 valence electrons. The van der Waals surface area contributed by atoms with Gasteiger partial charge in [-0.1, -0.05) is 27.2 Å². The van der Waals surface area contributed by atoms with Crippen molar-refractivity contribution in [1.82, 2.24) is 5.32 Å². The molecule has 0 aromatic carbocycles. The van der Waals surface area contributed by atoms with Gasteiger partial charge < -0.3 is 14.8 Å². The first-order valence-corrected chi connectivity index (χ1v) is 6.45. The van der Waals surface area contributed by atoms with Crippen LogP contribution in [0.3, 0.4) is 0 Å². The summed E-state index contributed by atoms with van der Waals surface area (Å²) in [6.45, 7) is 11.4. The smallest absolute Gasteiger partial charge is 0.0784 e. The van der Waals surface area contributed by atoms with Gasteiger partial charge in [-0.25, -0.2) is 0 Å². The minimum absolute atomic E-state index is 0.183. The van der Waals surface area contributed by atoms with Crippen LogP contribution >= 0.6 is 0 Å². The Hall–Kier alpha value is -0.120. The van der Waals surface area contributed by atoms with Gasteiger partial charge in [0, 0.05) is 13.7 Å². The summed E-state index contributed by atoms with van der Waals surface area (Å²) in [5.41, 5.74) is 0. The van der Waals surface area contributed by atoms with E-state index < -0.39 is 0 Å². The normalized spacial score (nSPS) is 15.4. The van der Waals surface area contributed by atoms with Crippen molar-refractivity contribution in [3.05, 3.63) is 0 Å². The summed E-state index contributed by atoms with van der Waals surface area (Å²) in [5, 5.41) is 3.45. The van der Waals surface area contributed by atoms with Crippen molar-refractivity contribution in [2.45, 2.75) is 52.7 Å². The van der Waals surface area contributed by atoms with Gasteiger partial charge in [0.15, 0.2) is 0 Å². The zero-order valence-corrected chi connectivity index (χ0v) is 11.6. The van der Waals surface area contributed by atoms with Crippen LogP contribution in [-0.4, -0.2) is 39.0 Å². The van der Waals surface area contributed by atoms with Crippen molar-refractivity contribution < 1.29 is 9.47 Å². The van der Waals surface area contributed by atoms with Crippen LogP contribution in [0.1, 0.15) is 40.5 Å². The lowest BCUT2D eigenvalue weighted by Crippen LogP contribution is -2.34. The summed E-state index contributed by atoms with van der Waals surface area (Å²) in [7, 11) is 1.71. The summed E-state index contributed by atoms with van der Waals surface area (Å²) in [6, 6.07) is 0. The molecular formula is C13H29NO2. The van der Waals surface area contributed by atoms with Crippen LogP contribution in [0.25, 0.3) is 0 Å². The summed E-state index contributed by atoms with van der Waals surface area (Å²) < 4.78 is 11.0. The largest absolute Gasteiger partial charge is 0.382 e. The van der Waals surface area contributed by atoms with Crippen LogP contribution in [0.2, 0.25) is 0 Å². The predicted octanol–water partition coefficient (Wildman–Crippen LogP) is 2.45. The molecule has 0 aliphatic carbocycles. The van der Waals surface area contributed by atoms with Gasteiger partial charge in [0.2, 0.25) is 0 Å². The highest BCUT2D eigenvalue weighted by Gasteiger charge is 2.12. The lowest BCUT2D eigenvalue weighted by atomic mass is 10.2. The van der Waals surface area contributed by atoms with Crippen molar-refractivity contribution in [2.24, 2.45) is 5.92 Å². The number of hydrogen-bond acceptors (Lipinski definition) is 3.